The van der Waals surface area contributed by atoms with Crippen LogP contribution in [0.2, 0.25) is 0 Å². The van der Waals surface area contributed by atoms with Crippen molar-refractivity contribution >= 4 is 29.0 Å². The minimum Gasteiger partial charge on any atom is -0.496 e. The summed E-state index contributed by atoms with van der Waals surface area (Å²) in [4.78, 5) is 36.0. The number of methoxy groups -OCH3 is 1. The Bertz CT molecular complexity index is 785. The van der Waals surface area contributed by atoms with Crippen molar-refractivity contribution in [1.82, 2.24) is 5.32 Å². The summed E-state index contributed by atoms with van der Waals surface area (Å²) in [5.41, 5.74) is 1.13. The molecule has 0 saturated heterocycles. The number of hydrogen-bond acceptors (Lipinski definition) is 6. The fourth-order valence-electron chi connectivity index (χ4n) is 2.45. The maximum Gasteiger partial charge on any atom is 0.308 e. The number of hydrogen-bond donors (Lipinski definition) is 1. The quantitative estimate of drug-likeness (QED) is 0.566. The smallest absolute Gasteiger partial charge is 0.308 e. The Morgan fingerprint density at radius 3 is 2.54 bits per heavy atom. The maximum absolute atomic E-state index is 12.2. The lowest BCUT2D eigenvalue weighted by Gasteiger charge is -2.16. The Morgan fingerprint density at radius 1 is 1.19 bits per heavy atom. The minimum atomic E-state index is -0.451. The molecule has 1 heterocycles. The molecule has 0 unspecified atom stereocenters. The summed E-state index contributed by atoms with van der Waals surface area (Å²) >= 11 is 1.46. The zero-order valence-corrected chi connectivity index (χ0v) is 15.7. The molecule has 0 bridgehead atoms. The van der Waals surface area contributed by atoms with E-state index in [1.807, 2.05) is 17.5 Å². The molecule has 0 radical (unpaired) electrons. The third kappa shape index (κ3) is 5.42. The van der Waals surface area contributed by atoms with Crippen LogP contribution in [-0.2, 0) is 20.9 Å². The van der Waals surface area contributed by atoms with Gasteiger partial charge in [-0.05, 0) is 36.6 Å². The molecular weight excluding hydrogens is 354 g/mol. The molecule has 0 aliphatic rings. The molecule has 0 fully saturated rings. The van der Waals surface area contributed by atoms with Crippen molar-refractivity contribution in [3.63, 3.8) is 0 Å². The van der Waals surface area contributed by atoms with Crippen LogP contribution in [0.1, 0.15) is 47.1 Å². The van der Waals surface area contributed by atoms with Gasteiger partial charge in [0.05, 0.1) is 19.6 Å². The van der Waals surface area contributed by atoms with Gasteiger partial charge in [0.25, 0.3) is 0 Å². The van der Waals surface area contributed by atoms with Crippen LogP contribution in [-0.4, -0.2) is 24.8 Å². The monoisotopic (exact) mass is 375 g/mol. The number of ether oxygens (including phenoxy) is 2. The molecule has 2 rings (SSSR count). The molecule has 0 aliphatic heterocycles. The zero-order valence-electron chi connectivity index (χ0n) is 14.9. The van der Waals surface area contributed by atoms with Gasteiger partial charge in [-0.3, -0.25) is 14.4 Å². The van der Waals surface area contributed by atoms with Crippen molar-refractivity contribution in [3.05, 3.63) is 51.7 Å². The lowest BCUT2D eigenvalue weighted by molar-refractivity contribution is -0.145. The van der Waals surface area contributed by atoms with Crippen LogP contribution in [0, 0.1) is 0 Å². The Kier molecular flexibility index (Phi) is 6.91. The highest BCUT2D eigenvalue weighted by Crippen LogP contribution is 2.24. The van der Waals surface area contributed by atoms with Gasteiger partial charge < -0.3 is 14.8 Å². The van der Waals surface area contributed by atoms with Crippen LogP contribution < -0.4 is 10.1 Å². The Labute approximate surface area is 156 Å². The van der Waals surface area contributed by atoms with Gasteiger partial charge in [0.15, 0.2) is 5.78 Å². The molecule has 1 amide bonds. The molecule has 7 heteroatoms. The van der Waals surface area contributed by atoms with E-state index in [2.05, 4.69) is 5.32 Å². The Hall–Kier alpha value is -2.67. The average Bonchev–Trinajstić information content (AvgIpc) is 3.13. The van der Waals surface area contributed by atoms with Crippen molar-refractivity contribution in [2.45, 2.75) is 32.9 Å². The summed E-state index contributed by atoms with van der Waals surface area (Å²) in [6, 6.07) is 8.28. The van der Waals surface area contributed by atoms with E-state index in [-0.39, 0.29) is 24.7 Å². The number of nitrogens with one attached hydrogen (secondary N) is 1. The molecule has 1 N–H and O–H groups in total. The van der Waals surface area contributed by atoms with Gasteiger partial charge in [-0.25, -0.2) is 0 Å². The van der Waals surface area contributed by atoms with Crippen molar-refractivity contribution < 1.29 is 23.9 Å². The van der Waals surface area contributed by atoms with E-state index in [1.165, 1.54) is 32.3 Å². The molecule has 6 nitrogen and oxygen atoms in total. The summed E-state index contributed by atoms with van der Waals surface area (Å²) in [6.45, 7) is 2.86. The largest absolute Gasteiger partial charge is 0.496 e. The summed E-state index contributed by atoms with van der Waals surface area (Å²) in [5, 5.41) is 4.64. The van der Waals surface area contributed by atoms with E-state index in [0.717, 1.165) is 4.88 Å². The van der Waals surface area contributed by atoms with Gasteiger partial charge in [0.2, 0.25) is 5.91 Å². The number of ketones is 1. The fourth-order valence-corrected chi connectivity index (χ4v) is 3.23. The Balaban J connectivity index is 2.04. The van der Waals surface area contributed by atoms with Crippen molar-refractivity contribution in [2.24, 2.45) is 0 Å². The Morgan fingerprint density at radius 2 is 1.96 bits per heavy atom. The second kappa shape index (κ2) is 9.15. The van der Waals surface area contributed by atoms with Crippen LogP contribution >= 0.6 is 11.3 Å². The van der Waals surface area contributed by atoms with Crippen LogP contribution in [0.5, 0.6) is 5.75 Å². The van der Waals surface area contributed by atoms with E-state index >= 15 is 0 Å². The first-order valence-electron chi connectivity index (χ1n) is 8.04. The minimum absolute atomic E-state index is 0.0135. The van der Waals surface area contributed by atoms with Crippen molar-refractivity contribution in [3.8, 4) is 5.75 Å². The third-order valence-electron chi connectivity index (χ3n) is 3.71. The molecule has 1 atom stereocenters. The molecule has 1 aromatic heterocycles. The van der Waals surface area contributed by atoms with Crippen LogP contribution in [0.15, 0.2) is 35.7 Å². The molecule has 0 aliphatic carbocycles. The predicted octanol–water partition coefficient (Wildman–Crippen LogP) is 3.27. The first kappa shape index (κ1) is 19.7. The SMILES string of the molecule is COc1ccc(C(C)=O)cc1COC(=O)C[C@H](NC(C)=O)c1cccs1. The first-order chi connectivity index (χ1) is 12.4. The van der Waals surface area contributed by atoms with Crippen LogP contribution in [0.4, 0.5) is 0 Å². The standard InChI is InChI=1S/C19H21NO5S/c1-12(21)14-6-7-17(24-3)15(9-14)11-25-19(23)10-16(20-13(2)22)18-5-4-8-26-18/h4-9,16H,10-11H2,1-3H3,(H,20,22)/t16-/m0/s1. The van der Waals surface area contributed by atoms with E-state index in [0.29, 0.717) is 16.9 Å². The highest BCUT2D eigenvalue weighted by Gasteiger charge is 2.19. The summed E-state index contributed by atoms with van der Waals surface area (Å²) in [6.07, 6.45) is 0.0226. The number of amides is 1. The predicted molar refractivity (Wildman–Crippen MR) is 98.3 cm³/mol. The molecule has 0 saturated carbocycles. The number of rotatable bonds is 8. The van der Waals surface area contributed by atoms with Crippen molar-refractivity contribution in [1.29, 1.82) is 0 Å². The van der Waals surface area contributed by atoms with Crippen LogP contribution in [0.3, 0.4) is 0 Å². The van der Waals surface area contributed by atoms with Gasteiger partial charge in [0.1, 0.15) is 12.4 Å². The maximum atomic E-state index is 12.2. The highest BCUT2D eigenvalue weighted by atomic mass is 32.1. The number of esters is 1. The average molecular weight is 375 g/mol. The zero-order chi connectivity index (χ0) is 19.1. The summed E-state index contributed by atoms with van der Waals surface area (Å²) in [7, 11) is 1.51. The van der Waals surface area contributed by atoms with E-state index in [1.54, 1.807) is 18.2 Å². The number of carbonyl (C=O) groups is 3. The molecule has 0 spiro atoms. The first-order valence-corrected chi connectivity index (χ1v) is 8.92. The number of Topliss-reactive ketones (excluding diaryl/α,β-unsaturated/α-hetero) is 1. The topological polar surface area (TPSA) is 81.7 Å². The van der Waals surface area contributed by atoms with E-state index in [4.69, 9.17) is 9.47 Å². The lowest BCUT2D eigenvalue weighted by atomic mass is 10.1. The normalized spacial score (nSPS) is 11.5. The lowest BCUT2D eigenvalue weighted by Crippen LogP contribution is -2.28. The van der Waals surface area contributed by atoms with Crippen molar-refractivity contribution in [2.75, 3.05) is 7.11 Å². The second-order valence-electron chi connectivity index (χ2n) is 5.72. The van der Waals surface area contributed by atoms with E-state index < -0.39 is 12.0 Å². The number of thiophene rings is 1. The molecule has 26 heavy (non-hydrogen) atoms. The van der Waals surface area contributed by atoms with Gasteiger partial charge >= 0.3 is 5.97 Å². The summed E-state index contributed by atoms with van der Waals surface area (Å²) in [5.74, 6) is -0.206. The molecular formula is C19H21NO5S. The number of carbonyl (C=O) groups excluding carboxylic acids is 3. The molecule has 1 aromatic carbocycles. The van der Waals surface area contributed by atoms with Gasteiger partial charge in [-0.1, -0.05) is 6.07 Å². The molecule has 138 valence electrons. The third-order valence-corrected chi connectivity index (χ3v) is 4.70. The summed E-state index contributed by atoms with van der Waals surface area (Å²) < 4.78 is 10.6. The highest BCUT2D eigenvalue weighted by molar-refractivity contribution is 7.10. The van der Waals surface area contributed by atoms with Crippen LogP contribution in [0.25, 0.3) is 0 Å². The van der Waals surface area contributed by atoms with Gasteiger partial charge in [0, 0.05) is 22.9 Å². The molecule has 2 aromatic rings. The van der Waals surface area contributed by atoms with Gasteiger partial charge in [-0.15, -0.1) is 11.3 Å². The second-order valence-corrected chi connectivity index (χ2v) is 6.70. The van der Waals surface area contributed by atoms with E-state index in [9.17, 15) is 14.4 Å². The fraction of sp³-hybridized carbons (Fsp3) is 0.316. The van der Waals surface area contributed by atoms with Gasteiger partial charge in [-0.2, -0.15) is 0 Å². The number of benzene rings is 1.